The summed E-state index contributed by atoms with van der Waals surface area (Å²) in [6, 6.07) is 5.77. The van der Waals surface area contributed by atoms with Crippen LogP contribution in [0.25, 0.3) is 33.1 Å². The number of carbonyl (C=O) groups excluding carboxylic acids is 1. The lowest BCUT2D eigenvalue weighted by Gasteiger charge is -2.16. The summed E-state index contributed by atoms with van der Waals surface area (Å²) in [5.74, 6) is -6.86. The van der Waals surface area contributed by atoms with E-state index in [1.807, 2.05) is 0 Å². The average molecular weight is 465 g/mol. The van der Waals surface area contributed by atoms with Crippen LogP contribution in [0, 0.1) is 24.0 Å². The van der Waals surface area contributed by atoms with Gasteiger partial charge in [-0.1, -0.05) is 18.2 Å². The number of hydrogen-bond donors (Lipinski definition) is 4. The van der Waals surface area contributed by atoms with E-state index in [4.69, 9.17) is 10.6 Å². The minimum absolute atomic E-state index is 0.0199. The molecule has 0 atom stereocenters. The zero-order valence-electron chi connectivity index (χ0n) is 16.4. The summed E-state index contributed by atoms with van der Waals surface area (Å²) in [5, 5.41) is 21.9. The fourth-order valence-corrected chi connectivity index (χ4v) is 3.34. The first-order valence-electron chi connectivity index (χ1n) is 9.07. The molecule has 0 aliphatic rings. The zero-order chi connectivity index (χ0) is 24.1. The van der Waals surface area contributed by atoms with E-state index in [1.54, 1.807) is 5.48 Å². The molecule has 13 heteroatoms. The number of aromatic nitrogens is 3. The van der Waals surface area contributed by atoms with E-state index in [9.17, 15) is 18.0 Å². The average Bonchev–Trinajstić information content (AvgIpc) is 3.26. The quantitative estimate of drug-likeness (QED) is 0.0901. The number of ether oxygens (including phenoxy) is 1. The molecule has 0 amide bonds. The van der Waals surface area contributed by atoms with Crippen LogP contribution >= 0.6 is 0 Å². The molecule has 4 rings (SSSR count). The van der Waals surface area contributed by atoms with E-state index >= 15 is 8.78 Å². The molecular weight excluding hydrogens is 453 g/mol. The highest BCUT2D eigenvalue weighted by Gasteiger charge is 2.42. The molecule has 0 bridgehead atoms. The first kappa shape index (κ1) is 22.1. The minimum atomic E-state index is -5.43. The number of nitrogens with zero attached hydrogens (tertiary/aromatic N) is 2. The number of carbonyl (C=O) groups is 1. The molecule has 4 aromatic rings. The van der Waals surface area contributed by atoms with Crippen molar-refractivity contribution in [2.75, 3.05) is 0 Å². The number of amidine groups is 1. The Morgan fingerprint density at radius 3 is 2.61 bits per heavy atom. The molecule has 8 nitrogen and oxygen atoms in total. The first-order chi connectivity index (χ1) is 15.5. The molecule has 0 unspecified atom stereocenters. The van der Waals surface area contributed by atoms with Crippen LogP contribution in [0.4, 0.5) is 22.0 Å². The summed E-state index contributed by atoms with van der Waals surface area (Å²) in [6.07, 6.45) is -4.33. The SMILES string of the molecule is Cc1c(OC(=O)C(F)(F)F)c(F)c2c(c(-c3cccc(C(=N)NO)c3)nc3[nH]ncc32)c1F. The van der Waals surface area contributed by atoms with Gasteiger partial charge in [-0.25, -0.2) is 18.6 Å². The van der Waals surface area contributed by atoms with Crippen molar-refractivity contribution in [3.8, 4) is 17.0 Å². The van der Waals surface area contributed by atoms with Crippen molar-refractivity contribution in [2.45, 2.75) is 13.1 Å². The molecule has 2 aromatic carbocycles. The smallest absolute Gasteiger partial charge is 0.416 e. The van der Waals surface area contributed by atoms with Crippen molar-refractivity contribution >= 4 is 33.6 Å². The number of hydrogen-bond acceptors (Lipinski definition) is 6. The number of halogens is 5. The summed E-state index contributed by atoms with van der Waals surface area (Å²) < 4.78 is 73.2. The summed E-state index contributed by atoms with van der Waals surface area (Å²) in [5.41, 5.74) is 1.23. The third-order valence-corrected chi connectivity index (χ3v) is 4.87. The van der Waals surface area contributed by atoms with E-state index < -0.39 is 45.9 Å². The lowest BCUT2D eigenvalue weighted by molar-refractivity contribution is -0.189. The van der Waals surface area contributed by atoms with Gasteiger partial charge in [0.2, 0.25) is 0 Å². The Labute approximate surface area is 180 Å². The molecule has 0 fully saturated rings. The Bertz CT molecular complexity index is 1450. The molecule has 0 spiro atoms. The molecule has 0 radical (unpaired) electrons. The highest BCUT2D eigenvalue weighted by atomic mass is 19.4. The Morgan fingerprint density at radius 2 is 1.94 bits per heavy atom. The summed E-state index contributed by atoms with van der Waals surface area (Å²) in [6.45, 7) is 0.960. The number of aromatic amines is 1. The Balaban J connectivity index is 2.07. The van der Waals surface area contributed by atoms with Crippen LogP contribution < -0.4 is 10.2 Å². The van der Waals surface area contributed by atoms with Crippen molar-refractivity contribution in [1.29, 1.82) is 5.41 Å². The lowest BCUT2D eigenvalue weighted by atomic mass is 9.97. The number of rotatable bonds is 3. The zero-order valence-corrected chi connectivity index (χ0v) is 16.4. The predicted octanol–water partition coefficient (Wildman–Crippen LogP) is 4.14. The molecule has 0 saturated carbocycles. The largest absolute Gasteiger partial charge is 0.491 e. The van der Waals surface area contributed by atoms with Crippen molar-refractivity contribution in [3.05, 3.63) is 53.2 Å². The second-order valence-electron chi connectivity index (χ2n) is 6.88. The van der Waals surface area contributed by atoms with Crippen molar-refractivity contribution in [1.82, 2.24) is 20.7 Å². The number of esters is 1. The van der Waals surface area contributed by atoms with Gasteiger partial charge in [-0.15, -0.1) is 0 Å². The number of H-pyrrole nitrogens is 1. The molecule has 2 heterocycles. The van der Waals surface area contributed by atoms with Crippen molar-refractivity contribution < 1.29 is 36.7 Å². The number of alkyl halides is 3. The molecular formula is C20H12F5N5O3. The van der Waals surface area contributed by atoms with Gasteiger partial charge in [-0.3, -0.25) is 21.2 Å². The van der Waals surface area contributed by atoms with Crippen LogP contribution in [-0.2, 0) is 4.79 Å². The van der Waals surface area contributed by atoms with E-state index in [1.165, 1.54) is 24.3 Å². The molecule has 2 aromatic heterocycles. The monoisotopic (exact) mass is 465 g/mol. The van der Waals surface area contributed by atoms with Gasteiger partial charge < -0.3 is 4.74 Å². The van der Waals surface area contributed by atoms with Gasteiger partial charge in [0, 0.05) is 32.8 Å². The summed E-state index contributed by atoms with van der Waals surface area (Å²) in [4.78, 5) is 15.6. The maximum absolute atomic E-state index is 15.5. The summed E-state index contributed by atoms with van der Waals surface area (Å²) >= 11 is 0. The number of pyridine rings is 1. The van der Waals surface area contributed by atoms with E-state index in [0.29, 0.717) is 0 Å². The standard InChI is InChI=1S/C20H12F5N5O3/c1-7-13(21)12-11(14(22)16(7)33-19(31)20(23,24)25)10-6-27-29-18(10)28-15(12)8-3-2-4-9(5-8)17(26)30-32/h2-6,32H,1H3,(H2,26,30)(H,27,28,29). The number of nitrogens with one attached hydrogen (secondary N) is 3. The van der Waals surface area contributed by atoms with E-state index in [-0.39, 0.29) is 33.7 Å². The van der Waals surface area contributed by atoms with Crippen LogP contribution in [0.5, 0.6) is 5.75 Å². The minimum Gasteiger partial charge on any atom is -0.416 e. The second kappa shape index (κ2) is 7.78. The van der Waals surface area contributed by atoms with Gasteiger partial charge in [0.25, 0.3) is 0 Å². The molecule has 170 valence electrons. The molecule has 0 aliphatic carbocycles. The molecule has 0 aliphatic heterocycles. The topological polar surface area (TPSA) is 124 Å². The summed E-state index contributed by atoms with van der Waals surface area (Å²) in [7, 11) is 0. The highest BCUT2D eigenvalue weighted by Crippen LogP contribution is 2.41. The first-order valence-corrected chi connectivity index (χ1v) is 9.07. The third-order valence-electron chi connectivity index (χ3n) is 4.87. The highest BCUT2D eigenvalue weighted by molar-refractivity contribution is 6.11. The number of fused-ring (bicyclic) bond motifs is 3. The fraction of sp³-hybridized carbons (Fsp3) is 0.100. The maximum Gasteiger partial charge on any atom is 0.491 e. The lowest BCUT2D eigenvalue weighted by Crippen LogP contribution is -2.28. The Morgan fingerprint density at radius 1 is 1.21 bits per heavy atom. The Hall–Kier alpha value is -4.13. The van der Waals surface area contributed by atoms with Crippen LogP contribution in [-0.4, -0.2) is 38.4 Å². The maximum atomic E-state index is 15.5. The van der Waals surface area contributed by atoms with Gasteiger partial charge in [0.1, 0.15) is 11.7 Å². The second-order valence-corrected chi connectivity index (χ2v) is 6.88. The molecule has 0 saturated heterocycles. The fourth-order valence-electron chi connectivity index (χ4n) is 3.34. The van der Waals surface area contributed by atoms with Crippen LogP contribution in [0.3, 0.4) is 0 Å². The van der Waals surface area contributed by atoms with Crippen molar-refractivity contribution in [2.24, 2.45) is 0 Å². The van der Waals surface area contributed by atoms with Gasteiger partial charge in [-0.2, -0.15) is 18.3 Å². The van der Waals surface area contributed by atoms with Gasteiger partial charge in [0.15, 0.2) is 17.2 Å². The van der Waals surface area contributed by atoms with Crippen molar-refractivity contribution in [3.63, 3.8) is 0 Å². The van der Waals surface area contributed by atoms with E-state index in [0.717, 1.165) is 13.1 Å². The normalized spacial score (nSPS) is 11.7. The Kier molecular flexibility index (Phi) is 5.20. The van der Waals surface area contributed by atoms with Crippen LogP contribution in [0.15, 0.2) is 30.5 Å². The van der Waals surface area contributed by atoms with Gasteiger partial charge >= 0.3 is 12.1 Å². The number of benzene rings is 2. The van der Waals surface area contributed by atoms with Gasteiger partial charge in [-0.05, 0) is 13.0 Å². The third kappa shape index (κ3) is 3.61. The molecule has 33 heavy (non-hydrogen) atoms. The number of hydroxylamine groups is 1. The van der Waals surface area contributed by atoms with E-state index in [2.05, 4.69) is 19.9 Å². The van der Waals surface area contributed by atoms with Crippen LogP contribution in [0.1, 0.15) is 11.1 Å². The predicted molar refractivity (Wildman–Crippen MR) is 105 cm³/mol. The van der Waals surface area contributed by atoms with Gasteiger partial charge in [0.05, 0.1) is 11.9 Å². The van der Waals surface area contributed by atoms with Crippen LogP contribution in [0.2, 0.25) is 0 Å². The molecule has 4 N–H and O–H groups in total.